The third-order valence-corrected chi connectivity index (χ3v) is 3.75. The number of hydrogen-bond donors (Lipinski definition) is 0. The van der Waals surface area contributed by atoms with E-state index in [1.54, 1.807) is 0 Å². The summed E-state index contributed by atoms with van der Waals surface area (Å²) in [4.78, 5) is 6.85. The lowest BCUT2D eigenvalue weighted by molar-refractivity contribution is 0.792. The van der Waals surface area contributed by atoms with Gasteiger partial charge in [-0.2, -0.15) is 21.4 Å². The van der Waals surface area contributed by atoms with Crippen LogP contribution in [0.2, 0.25) is 0 Å². The first-order chi connectivity index (χ1) is 7.84. The van der Waals surface area contributed by atoms with Gasteiger partial charge in [0.2, 0.25) is 0 Å². The maximum atomic E-state index is 4.46. The molecule has 0 radical (unpaired) electrons. The molecule has 0 saturated carbocycles. The molecule has 0 aliphatic carbocycles. The summed E-state index contributed by atoms with van der Waals surface area (Å²) in [6.45, 7) is 4.24. The average molecular weight is 234 g/mol. The molecule has 0 unspecified atom stereocenters. The molecule has 2 aromatic heterocycles. The van der Waals surface area contributed by atoms with Crippen LogP contribution in [0.4, 0.5) is 5.82 Å². The Balaban J connectivity index is 2.09. The standard InChI is InChI=1S/C11H14N4S/c1-9-8-11(14-4-6-16-7-5-14)15-10(13-9)2-3-12-15/h2-3,8H,4-7H2,1H3. The van der Waals surface area contributed by atoms with Gasteiger partial charge < -0.3 is 4.90 Å². The fourth-order valence-corrected chi connectivity index (χ4v) is 2.94. The van der Waals surface area contributed by atoms with E-state index in [4.69, 9.17) is 0 Å². The first-order valence-electron chi connectivity index (χ1n) is 5.49. The molecular formula is C11H14N4S. The first-order valence-corrected chi connectivity index (χ1v) is 6.64. The zero-order valence-electron chi connectivity index (χ0n) is 9.26. The second-order valence-electron chi connectivity index (χ2n) is 3.96. The Kier molecular flexibility index (Phi) is 2.47. The van der Waals surface area contributed by atoms with Gasteiger partial charge in [-0.1, -0.05) is 0 Å². The van der Waals surface area contributed by atoms with Crippen LogP contribution in [-0.2, 0) is 0 Å². The van der Waals surface area contributed by atoms with Crippen molar-refractivity contribution in [2.24, 2.45) is 0 Å². The molecule has 1 aliphatic rings. The van der Waals surface area contributed by atoms with E-state index in [2.05, 4.69) is 21.0 Å². The van der Waals surface area contributed by atoms with Crippen molar-refractivity contribution in [1.29, 1.82) is 0 Å². The molecule has 0 amide bonds. The molecule has 0 aromatic carbocycles. The summed E-state index contributed by atoms with van der Waals surface area (Å²) in [5.74, 6) is 3.57. The smallest absolute Gasteiger partial charge is 0.157 e. The van der Waals surface area contributed by atoms with Gasteiger partial charge in [0.05, 0.1) is 6.20 Å². The van der Waals surface area contributed by atoms with Crippen molar-refractivity contribution in [2.45, 2.75) is 6.92 Å². The minimum absolute atomic E-state index is 0.938. The lowest BCUT2D eigenvalue weighted by atomic mass is 10.3. The van der Waals surface area contributed by atoms with Crippen LogP contribution in [0, 0.1) is 6.92 Å². The molecule has 3 rings (SSSR count). The minimum Gasteiger partial charge on any atom is -0.355 e. The number of thioether (sulfide) groups is 1. The number of anilines is 1. The molecule has 2 aromatic rings. The highest BCUT2D eigenvalue weighted by Crippen LogP contribution is 2.20. The summed E-state index contributed by atoms with van der Waals surface area (Å²) in [5.41, 5.74) is 1.99. The van der Waals surface area contributed by atoms with Crippen molar-refractivity contribution in [2.75, 3.05) is 29.5 Å². The van der Waals surface area contributed by atoms with Crippen molar-refractivity contribution in [3.05, 3.63) is 24.0 Å². The third-order valence-electron chi connectivity index (χ3n) is 2.80. The van der Waals surface area contributed by atoms with Crippen molar-refractivity contribution in [1.82, 2.24) is 14.6 Å². The zero-order chi connectivity index (χ0) is 11.0. The number of aryl methyl sites for hydroxylation is 1. The topological polar surface area (TPSA) is 33.4 Å². The Labute approximate surface area is 98.7 Å². The number of fused-ring (bicyclic) bond motifs is 1. The van der Waals surface area contributed by atoms with Crippen LogP contribution in [0.1, 0.15) is 5.69 Å². The molecule has 84 valence electrons. The molecule has 4 nitrogen and oxygen atoms in total. The van der Waals surface area contributed by atoms with Crippen LogP contribution in [0.25, 0.3) is 5.65 Å². The number of rotatable bonds is 1. The highest BCUT2D eigenvalue weighted by molar-refractivity contribution is 7.99. The summed E-state index contributed by atoms with van der Waals surface area (Å²) in [5, 5.41) is 4.34. The summed E-state index contributed by atoms with van der Waals surface area (Å²) < 4.78 is 1.93. The Morgan fingerprint density at radius 3 is 2.94 bits per heavy atom. The molecule has 1 aliphatic heterocycles. The van der Waals surface area contributed by atoms with Gasteiger partial charge in [0, 0.05) is 42.4 Å². The second kappa shape index (κ2) is 3.97. The van der Waals surface area contributed by atoms with Gasteiger partial charge in [0.1, 0.15) is 5.82 Å². The van der Waals surface area contributed by atoms with Crippen molar-refractivity contribution in [3.8, 4) is 0 Å². The molecule has 0 spiro atoms. The summed E-state index contributed by atoms with van der Waals surface area (Å²) in [6, 6.07) is 4.07. The number of aromatic nitrogens is 3. The summed E-state index contributed by atoms with van der Waals surface area (Å²) >= 11 is 2.02. The highest BCUT2D eigenvalue weighted by Gasteiger charge is 2.15. The minimum atomic E-state index is 0.938. The largest absolute Gasteiger partial charge is 0.355 e. The van der Waals surface area contributed by atoms with Gasteiger partial charge in [-0.3, -0.25) is 0 Å². The maximum Gasteiger partial charge on any atom is 0.157 e. The van der Waals surface area contributed by atoms with Gasteiger partial charge in [-0.05, 0) is 6.92 Å². The summed E-state index contributed by atoms with van der Waals surface area (Å²) in [6.07, 6.45) is 1.81. The Hall–Kier alpha value is -1.23. The van der Waals surface area contributed by atoms with Crippen LogP contribution >= 0.6 is 11.8 Å². The van der Waals surface area contributed by atoms with Gasteiger partial charge in [0.25, 0.3) is 0 Å². The van der Waals surface area contributed by atoms with Crippen LogP contribution in [0.3, 0.4) is 0 Å². The van der Waals surface area contributed by atoms with Gasteiger partial charge >= 0.3 is 0 Å². The quantitative estimate of drug-likeness (QED) is 0.750. The van der Waals surface area contributed by atoms with Gasteiger partial charge in [0.15, 0.2) is 5.65 Å². The lowest BCUT2D eigenvalue weighted by Gasteiger charge is -2.28. The van der Waals surface area contributed by atoms with Crippen molar-refractivity contribution < 1.29 is 0 Å². The zero-order valence-corrected chi connectivity index (χ0v) is 10.1. The third kappa shape index (κ3) is 1.65. The van der Waals surface area contributed by atoms with E-state index in [0.29, 0.717) is 0 Å². The molecular weight excluding hydrogens is 220 g/mol. The second-order valence-corrected chi connectivity index (χ2v) is 5.18. The van der Waals surface area contributed by atoms with Gasteiger partial charge in [-0.15, -0.1) is 0 Å². The SMILES string of the molecule is Cc1cc(N2CCSCC2)n2nccc2n1. The summed E-state index contributed by atoms with van der Waals surface area (Å²) in [7, 11) is 0. The fourth-order valence-electron chi connectivity index (χ4n) is 2.04. The number of hydrogen-bond acceptors (Lipinski definition) is 4. The lowest BCUT2D eigenvalue weighted by Crippen LogP contribution is -2.34. The predicted molar refractivity (Wildman–Crippen MR) is 67.3 cm³/mol. The molecule has 3 heterocycles. The maximum absolute atomic E-state index is 4.46. The van der Waals surface area contributed by atoms with Crippen LogP contribution in [-0.4, -0.2) is 39.2 Å². The Morgan fingerprint density at radius 1 is 1.31 bits per heavy atom. The van der Waals surface area contributed by atoms with E-state index in [1.165, 1.54) is 17.3 Å². The van der Waals surface area contributed by atoms with E-state index >= 15 is 0 Å². The normalized spacial score (nSPS) is 16.9. The van der Waals surface area contributed by atoms with E-state index in [1.807, 2.05) is 35.5 Å². The van der Waals surface area contributed by atoms with Crippen LogP contribution in [0.15, 0.2) is 18.3 Å². The molecule has 0 N–H and O–H groups in total. The van der Waals surface area contributed by atoms with E-state index in [0.717, 1.165) is 24.4 Å². The Morgan fingerprint density at radius 2 is 2.12 bits per heavy atom. The van der Waals surface area contributed by atoms with Crippen molar-refractivity contribution in [3.63, 3.8) is 0 Å². The fraction of sp³-hybridized carbons (Fsp3) is 0.455. The first kappa shape index (κ1) is 9.96. The molecule has 0 bridgehead atoms. The molecule has 0 atom stereocenters. The average Bonchev–Trinajstić information content (AvgIpc) is 2.77. The van der Waals surface area contributed by atoms with Gasteiger partial charge in [-0.25, -0.2) is 4.98 Å². The van der Waals surface area contributed by atoms with Crippen LogP contribution in [0.5, 0.6) is 0 Å². The molecule has 16 heavy (non-hydrogen) atoms. The molecule has 1 saturated heterocycles. The molecule has 1 fully saturated rings. The Bertz CT molecular complexity index is 502. The molecule has 5 heteroatoms. The van der Waals surface area contributed by atoms with E-state index in [-0.39, 0.29) is 0 Å². The highest BCUT2D eigenvalue weighted by atomic mass is 32.2. The number of nitrogens with zero attached hydrogens (tertiary/aromatic N) is 4. The van der Waals surface area contributed by atoms with E-state index < -0.39 is 0 Å². The van der Waals surface area contributed by atoms with Crippen molar-refractivity contribution >= 4 is 23.2 Å². The monoisotopic (exact) mass is 234 g/mol. The van der Waals surface area contributed by atoms with Crippen LogP contribution < -0.4 is 4.90 Å². The van der Waals surface area contributed by atoms with E-state index in [9.17, 15) is 0 Å². The predicted octanol–water partition coefficient (Wildman–Crippen LogP) is 1.59.